The second kappa shape index (κ2) is 11.6. The molecule has 3 aromatic carbocycles. The third-order valence-corrected chi connectivity index (χ3v) is 7.15. The number of hydrogen-bond donors (Lipinski definition) is 1. The van der Waals surface area contributed by atoms with Gasteiger partial charge in [-0.1, -0.05) is 29.3 Å². The number of carbonyl (C=O) groups excluding carboxylic acids is 1. The molecule has 1 aliphatic rings. The van der Waals surface area contributed by atoms with E-state index in [1.54, 1.807) is 18.3 Å². The number of benzene rings is 3. The van der Waals surface area contributed by atoms with Gasteiger partial charge in [0, 0.05) is 39.9 Å². The quantitative estimate of drug-likeness (QED) is 0.219. The van der Waals surface area contributed by atoms with Crippen LogP contribution in [0, 0.1) is 0 Å². The summed E-state index contributed by atoms with van der Waals surface area (Å²) in [5.41, 5.74) is 5.89. The summed E-state index contributed by atoms with van der Waals surface area (Å²) in [7, 11) is 0. The zero-order chi connectivity index (χ0) is 24.1. The molecule has 0 radical (unpaired) electrons. The van der Waals surface area contributed by atoms with E-state index in [2.05, 4.69) is 47.3 Å². The summed E-state index contributed by atoms with van der Waals surface area (Å²) in [5.74, 6) is 0.368. The molecule has 1 N–H and O–H groups in total. The van der Waals surface area contributed by atoms with Gasteiger partial charge in [0.25, 0.3) is 5.91 Å². The number of halogens is 4. The number of ether oxygens (including phenoxy) is 1. The van der Waals surface area contributed by atoms with E-state index < -0.39 is 0 Å². The second-order valence-electron chi connectivity index (χ2n) is 7.78. The van der Waals surface area contributed by atoms with Crippen LogP contribution in [0.3, 0.4) is 0 Å². The number of anilines is 1. The minimum absolute atomic E-state index is 0.262. The molecule has 0 bridgehead atoms. The first-order chi connectivity index (χ1) is 16.4. The molecule has 0 aromatic heterocycles. The van der Waals surface area contributed by atoms with Gasteiger partial charge in [-0.3, -0.25) is 4.79 Å². The van der Waals surface area contributed by atoms with E-state index in [0.29, 0.717) is 21.4 Å². The zero-order valence-corrected chi connectivity index (χ0v) is 22.7. The Morgan fingerprint density at radius 3 is 2.35 bits per heavy atom. The summed E-state index contributed by atoms with van der Waals surface area (Å²) >= 11 is 19.2. The Balaban J connectivity index is 1.36. The molecule has 0 saturated carbocycles. The van der Waals surface area contributed by atoms with Crippen LogP contribution in [0.2, 0.25) is 10.0 Å². The first-order valence-electron chi connectivity index (χ1n) is 10.6. The van der Waals surface area contributed by atoms with Gasteiger partial charge in [0.15, 0.2) is 0 Å². The van der Waals surface area contributed by atoms with Gasteiger partial charge in [-0.2, -0.15) is 5.10 Å². The lowest BCUT2D eigenvalue weighted by molar-refractivity contribution is 0.0955. The second-order valence-corrected chi connectivity index (χ2v) is 10.3. The minimum Gasteiger partial charge on any atom is -0.486 e. The number of nitrogens with one attached hydrogen (secondary N) is 1. The van der Waals surface area contributed by atoms with Crippen molar-refractivity contribution in [1.82, 2.24) is 5.43 Å². The Kier molecular flexibility index (Phi) is 8.53. The number of carbonyl (C=O) groups is 1. The summed E-state index contributed by atoms with van der Waals surface area (Å²) in [4.78, 5) is 14.8. The monoisotopic (exact) mass is 623 g/mol. The number of nitrogens with zero attached hydrogens (tertiary/aromatic N) is 2. The van der Waals surface area contributed by atoms with Crippen molar-refractivity contribution < 1.29 is 9.53 Å². The zero-order valence-electron chi connectivity index (χ0n) is 18.0. The summed E-state index contributed by atoms with van der Waals surface area (Å²) < 4.78 is 7.40. The third-order valence-electron chi connectivity index (χ3n) is 5.39. The number of rotatable bonds is 7. The van der Waals surface area contributed by atoms with Crippen LogP contribution in [0.25, 0.3) is 0 Å². The fraction of sp³-hybridized carbons (Fsp3) is 0.200. The van der Waals surface area contributed by atoms with Gasteiger partial charge >= 0.3 is 0 Å². The maximum atomic E-state index is 12.4. The Morgan fingerprint density at radius 1 is 1.03 bits per heavy atom. The largest absolute Gasteiger partial charge is 0.486 e. The van der Waals surface area contributed by atoms with Crippen molar-refractivity contribution in [2.24, 2.45) is 5.10 Å². The van der Waals surface area contributed by atoms with Crippen molar-refractivity contribution in [3.8, 4) is 5.75 Å². The van der Waals surface area contributed by atoms with Crippen molar-refractivity contribution in [2.45, 2.75) is 19.4 Å². The maximum absolute atomic E-state index is 12.4. The molecule has 4 rings (SSSR count). The fourth-order valence-corrected chi connectivity index (χ4v) is 5.52. The van der Waals surface area contributed by atoms with Crippen molar-refractivity contribution in [3.63, 3.8) is 0 Å². The van der Waals surface area contributed by atoms with Crippen molar-refractivity contribution in [3.05, 3.63) is 90.3 Å². The molecule has 1 saturated heterocycles. The van der Waals surface area contributed by atoms with E-state index in [9.17, 15) is 4.79 Å². The van der Waals surface area contributed by atoms with Crippen LogP contribution in [0.4, 0.5) is 5.69 Å². The molecule has 1 fully saturated rings. The minimum atomic E-state index is -0.262. The summed E-state index contributed by atoms with van der Waals surface area (Å²) in [6.07, 6.45) is 4.01. The lowest BCUT2D eigenvalue weighted by atomic mass is 10.2. The highest BCUT2D eigenvalue weighted by Gasteiger charge is 2.13. The number of amides is 1. The molecular formula is C25H21Br2Cl2N3O2. The molecule has 1 aliphatic heterocycles. The summed E-state index contributed by atoms with van der Waals surface area (Å²) in [5, 5.41) is 5.22. The molecule has 1 heterocycles. The first-order valence-corrected chi connectivity index (χ1v) is 13.0. The lowest BCUT2D eigenvalue weighted by Crippen LogP contribution is -2.19. The van der Waals surface area contributed by atoms with Crippen LogP contribution in [-0.4, -0.2) is 25.2 Å². The molecule has 0 aliphatic carbocycles. The van der Waals surface area contributed by atoms with Gasteiger partial charge in [-0.05, 0) is 98.8 Å². The fourth-order valence-electron chi connectivity index (χ4n) is 3.61. The van der Waals surface area contributed by atoms with Gasteiger partial charge in [-0.25, -0.2) is 5.43 Å². The Morgan fingerprint density at radius 2 is 1.71 bits per heavy atom. The van der Waals surface area contributed by atoms with Gasteiger partial charge in [-0.15, -0.1) is 0 Å². The van der Waals surface area contributed by atoms with E-state index >= 15 is 0 Å². The van der Waals surface area contributed by atoms with E-state index in [4.69, 9.17) is 27.9 Å². The molecule has 176 valence electrons. The van der Waals surface area contributed by atoms with Gasteiger partial charge < -0.3 is 9.64 Å². The number of hydrogen-bond acceptors (Lipinski definition) is 4. The van der Waals surface area contributed by atoms with Crippen molar-refractivity contribution in [1.29, 1.82) is 0 Å². The standard InChI is InChI=1S/C25H21Br2Cl2N3O2/c26-21-11-16(12-22(27)24(21)34-15-18-3-6-19(28)13-23(18)29)14-30-31-25(33)17-4-7-20(8-5-17)32-9-1-2-10-32/h3-8,11-14H,1-2,9-10,15H2,(H,31,33)/b30-14-. The van der Waals surface area contributed by atoms with E-state index in [1.807, 2.05) is 42.5 Å². The molecule has 1 amide bonds. The highest BCUT2D eigenvalue weighted by Crippen LogP contribution is 2.35. The van der Waals surface area contributed by atoms with Crippen LogP contribution in [0.5, 0.6) is 5.75 Å². The molecule has 3 aromatic rings. The summed E-state index contributed by atoms with van der Waals surface area (Å²) in [6, 6.07) is 16.6. The van der Waals surface area contributed by atoms with Crippen molar-refractivity contribution >= 4 is 72.9 Å². The van der Waals surface area contributed by atoms with E-state index in [-0.39, 0.29) is 12.5 Å². The Labute approximate surface area is 225 Å². The highest BCUT2D eigenvalue weighted by atomic mass is 79.9. The van der Waals surface area contributed by atoms with Gasteiger partial charge in [0.05, 0.1) is 15.2 Å². The average molecular weight is 626 g/mol. The lowest BCUT2D eigenvalue weighted by Gasteiger charge is -2.17. The molecule has 5 nitrogen and oxygen atoms in total. The topological polar surface area (TPSA) is 53.9 Å². The van der Waals surface area contributed by atoms with Crippen LogP contribution in [-0.2, 0) is 6.61 Å². The molecule has 0 unspecified atom stereocenters. The third kappa shape index (κ3) is 6.33. The SMILES string of the molecule is O=C(N/N=C\c1cc(Br)c(OCc2ccc(Cl)cc2Cl)c(Br)c1)c1ccc(N2CCCC2)cc1. The molecule has 34 heavy (non-hydrogen) atoms. The van der Waals surface area contributed by atoms with E-state index in [1.165, 1.54) is 12.8 Å². The average Bonchev–Trinajstić information content (AvgIpc) is 3.35. The van der Waals surface area contributed by atoms with Crippen LogP contribution in [0.1, 0.15) is 34.3 Å². The smallest absolute Gasteiger partial charge is 0.271 e. The first kappa shape index (κ1) is 25.0. The normalized spacial score (nSPS) is 13.5. The molecule has 0 spiro atoms. The van der Waals surface area contributed by atoms with Crippen LogP contribution < -0.4 is 15.1 Å². The van der Waals surface area contributed by atoms with E-state index in [0.717, 1.165) is 38.8 Å². The summed E-state index contributed by atoms with van der Waals surface area (Å²) in [6.45, 7) is 2.42. The predicted octanol–water partition coefficient (Wildman–Crippen LogP) is 7.46. The Bertz CT molecular complexity index is 1190. The van der Waals surface area contributed by atoms with Crippen LogP contribution >= 0.6 is 55.1 Å². The molecule has 9 heteroatoms. The van der Waals surface area contributed by atoms with Gasteiger partial charge in [0.2, 0.25) is 0 Å². The van der Waals surface area contributed by atoms with Crippen LogP contribution in [0.15, 0.2) is 68.6 Å². The molecule has 0 atom stereocenters. The molecular weight excluding hydrogens is 605 g/mol. The highest BCUT2D eigenvalue weighted by molar-refractivity contribution is 9.11. The Hall–Kier alpha value is -2.06. The van der Waals surface area contributed by atoms with Crippen molar-refractivity contribution in [2.75, 3.05) is 18.0 Å². The predicted molar refractivity (Wildman–Crippen MR) is 146 cm³/mol. The maximum Gasteiger partial charge on any atom is 0.271 e. The number of hydrazone groups is 1. The van der Waals surface area contributed by atoms with Gasteiger partial charge in [0.1, 0.15) is 12.4 Å².